The molecule has 0 heterocycles. The van der Waals surface area contributed by atoms with Crippen LogP contribution in [0.5, 0.6) is 0 Å². The van der Waals surface area contributed by atoms with E-state index in [9.17, 15) is 8.42 Å². The van der Waals surface area contributed by atoms with Crippen LogP contribution in [0.1, 0.15) is 6.92 Å². The van der Waals surface area contributed by atoms with Crippen molar-refractivity contribution in [3.8, 4) is 0 Å². The average molecular weight is 313 g/mol. The predicted molar refractivity (Wildman–Crippen MR) is 65.0 cm³/mol. The highest BCUT2D eigenvalue weighted by molar-refractivity contribution is 9.09. The smallest absolute Gasteiger partial charge is 0.210 e. The van der Waals surface area contributed by atoms with Crippen LogP contribution in [0.2, 0.25) is 5.02 Å². The molecule has 6 heteroatoms. The van der Waals surface area contributed by atoms with Gasteiger partial charge in [0.05, 0.1) is 4.90 Å². The summed E-state index contributed by atoms with van der Waals surface area (Å²) in [6, 6.07) is 6.05. The third kappa shape index (κ3) is 4.10. The quantitative estimate of drug-likeness (QED) is 0.868. The molecule has 0 aliphatic rings. The largest absolute Gasteiger partial charge is 0.240 e. The van der Waals surface area contributed by atoms with Gasteiger partial charge in [-0.2, -0.15) is 0 Å². The Morgan fingerprint density at radius 3 is 2.40 bits per heavy atom. The van der Waals surface area contributed by atoms with Crippen LogP contribution in [0.3, 0.4) is 0 Å². The van der Waals surface area contributed by atoms with Gasteiger partial charge in [0.2, 0.25) is 10.0 Å². The normalized spacial score (nSPS) is 13.8. The number of hydrogen-bond acceptors (Lipinski definition) is 2. The molecule has 1 aromatic rings. The van der Waals surface area contributed by atoms with Gasteiger partial charge >= 0.3 is 0 Å². The van der Waals surface area contributed by atoms with Gasteiger partial charge in [-0.15, -0.1) is 0 Å². The first-order valence-electron chi connectivity index (χ1n) is 4.31. The van der Waals surface area contributed by atoms with E-state index in [2.05, 4.69) is 20.7 Å². The zero-order chi connectivity index (χ0) is 11.5. The minimum atomic E-state index is -3.41. The number of halogens is 2. The second kappa shape index (κ2) is 5.30. The Morgan fingerprint density at radius 2 is 1.93 bits per heavy atom. The zero-order valence-corrected chi connectivity index (χ0v) is 11.2. The molecular formula is C9H11BrClNO2S. The van der Waals surface area contributed by atoms with E-state index < -0.39 is 10.0 Å². The molecule has 3 nitrogen and oxygen atoms in total. The van der Waals surface area contributed by atoms with Crippen LogP contribution in [0.25, 0.3) is 0 Å². The van der Waals surface area contributed by atoms with Crippen LogP contribution in [0.4, 0.5) is 0 Å². The molecule has 0 spiro atoms. The Labute approximate surface area is 103 Å². The van der Waals surface area contributed by atoms with Gasteiger partial charge in [0.25, 0.3) is 0 Å². The molecule has 1 aromatic carbocycles. The zero-order valence-electron chi connectivity index (χ0n) is 8.07. The number of nitrogens with one attached hydrogen (secondary N) is 1. The average Bonchev–Trinajstić information content (AvgIpc) is 2.16. The highest BCUT2D eigenvalue weighted by Gasteiger charge is 2.13. The molecule has 0 bridgehead atoms. The van der Waals surface area contributed by atoms with Crippen LogP contribution >= 0.6 is 27.5 Å². The van der Waals surface area contributed by atoms with Gasteiger partial charge in [-0.1, -0.05) is 34.5 Å². The third-order valence-electron chi connectivity index (χ3n) is 1.68. The Hall–Kier alpha value is -0.100. The Bertz CT molecular complexity index is 416. The number of alkyl halides is 1. The number of rotatable bonds is 4. The summed E-state index contributed by atoms with van der Waals surface area (Å²) in [5.41, 5.74) is 0. The molecule has 0 aliphatic carbocycles. The molecular weight excluding hydrogens is 302 g/mol. The van der Waals surface area contributed by atoms with Gasteiger partial charge in [-0.3, -0.25) is 0 Å². The van der Waals surface area contributed by atoms with Crippen molar-refractivity contribution in [2.24, 2.45) is 0 Å². The molecule has 0 radical (unpaired) electrons. The van der Waals surface area contributed by atoms with Crippen molar-refractivity contribution < 1.29 is 8.42 Å². The molecule has 0 amide bonds. The topological polar surface area (TPSA) is 46.2 Å². The molecule has 15 heavy (non-hydrogen) atoms. The van der Waals surface area contributed by atoms with Crippen molar-refractivity contribution in [1.82, 2.24) is 4.72 Å². The van der Waals surface area contributed by atoms with Crippen molar-refractivity contribution in [1.29, 1.82) is 0 Å². The summed E-state index contributed by atoms with van der Waals surface area (Å²) in [6.07, 6.45) is 0. The van der Waals surface area contributed by atoms with Crippen molar-refractivity contribution >= 4 is 37.6 Å². The highest BCUT2D eigenvalue weighted by atomic mass is 79.9. The lowest BCUT2D eigenvalue weighted by Crippen LogP contribution is -2.28. The van der Waals surface area contributed by atoms with Gasteiger partial charge in [-0.25, -0.2) is 13.1 Å². The fourth-order valence-electron chi connectivity index (χ4n) is 0.922. The van der Waals surface area contributed by atoms with E-state index >= 15 is 0 Å². The first kappa shape index (κ1) is 13.0. The molecule has 0 fully saturated rings. The standard InChI is InChI=1S/C9H11BrClNO2S/c1-7(10)6-12-15(13,14)9-4-2-8(11)3-5-9/h2-5,7,12H,6H2,1H3. The molecule has 1 N–H and O–H groups in total. The van der Waals surface area contributed by atoms with Gasteiger partial charge < -0.3 is 0 Å². The second-order valence-corrected chi connectivity index (χ2v) is 6.85. The molecule has 0 aromatic heterocycles. The SMILES string of the molecule is CC(Br)CNS(=O)(=O)c1ccc(Cl)cc1. The van der Waals surface area contributed by atoms with Gasteiger partial charge in [-0.05, 0) is 24.3 Å². The van der Waals surface area contributed by atoms with E-state index in [-0.39, 0.29) is 9.72 Å². The molecule has 1 rings (SSSR count). The van der Waals surface area contributed by atoms with Crippen LogP contribution in [-0.2, 0) is 10.0 Å². The van der Waals surface area contributed by atoms with Gasteiger partial charge in [0.15, 0.2) is 0 Å². The fourth-order valence-corrected chi connectivity index (χ4v) is 2.55. The molecule has 84 valence electrons. The van der Waals surface area contributed by atoms with E-state index in [1.807, 2.05) is 6.92 Å². The van der Waals surface area contributed by atoms with Crippen LogP contribution in [0, 0.1) is 0 Å². The molecule has 0 saturated heterocycles. The van der Waals surface area contributed by atoms with Crippen molar-refractivity contribution in [2.75, 3.05) is 6.54 Å². The van der Waals surface area contributed by atoms with Crippen LogP contribution < -0.4 is 4.72 Å². The van der Waals surface area contributed by atoms with Crippen molar-refractivity contribution in [3.05, 3.63) is 29.3 Å². The van der Waals surface area contributed by atoms with Crippen LogP contribution in [0.15, 0.2) is 29.2 Å². The lowest BCUT2D eigenvalue weighted by Gasteiger charge is -2.07. The summed E-state index contributed by atoms with van der Waals surface area (Å²) in [7, 11) is -3.41. The monoisotopic (exact) mass is 311 g/mol. The first-order valence-corrected chi connectivity index (χ1v) is 7.09. The summed E-state index contributed by atoms with van der Waals surface area (Å²) in [4.78, 5) is 0.319. The second-order valence-electron chi connectivity index (χ2n) is 3.09. The lowest BCUT2D eigenvalue weighted by atomic mass is 10.4. The predicted octanol–water partition coefficient (Wildman–Crippen LogP) is 2.40. The Balaban J connectivity index is 2.82. The maximum absolute atomic E-state index is 11.7. The Kier molecular flexibility index (Phi) is 4.58. The maximum Gasteiger partial charge on any atom is 0.240 e. The van der Waals surface area contributed by atoms with E-state index in [0.29, 0.717) is 11.6 Å². The minimum Gasteiger partial charge on any atom is -0.210 e. The lowest BCUT2D eigenvalue weighted by molar-refractivity contribution is 0.581. The summed E-state index contributed by atoms with van der Waals surface area (Å²) < 4.78 is 25.8. The minimum absolute atomic E-state index is 0.0968. The summed E-state index contributed by atoms with van der Waals surface area (Å²) >= 11 is 8.93. The number of sulfonamides is 1. The van der Waals surface area contributed by atoms with Crippen molar-refractivity contribution in [2.45, 2.75) is 16.6 Å². The number of benzene rings is 1. The molecule has 0 aliphatic heterocycles. The summed E-state index contributed by atoms with van der Waals surface area (Å²) in [6.45, 7) is 2.22. The first-order chi connectivity index (χ1) is 6.92. The summed E-state index contributed by atoms with van der Waals surface area (Å²) in [5, 5.41) is 0.516. The summed E-state index contributed by atoms with van der Waals surface area (Å²) in [5.74, 6) is 0. The molecule has 1 atom stereocenters. The Morgan fingerprint density at radius 1 is 1.40 bits per heavy atom. The molecule has 0 saturated carbocycles. The van der Waals surface area contributed by atoms with E-state index in [0.717, 1.165) is 0 Å². The van der Waals surface area contributed by atoms with Gasteiger partial charge in [0, 0.05) is 16.4 Å². The van der Waals surface area contributed by atoms with Crippen molar-refractivity contribution in [3.63, 3.8) is 0 Å². The third-order valence-corrected chi connectivity index (χ3v) is 3.69. The molecule has 1 unspecified atom stereocenters. The van der Waals surface area contributed by atoms with E-state index in [1.165, 1.54) is 12.1 Å². The fraction of sp³-hybridized carbons (Fsp3) is 0.333. The van der Waals surface area contributed by atoms with Gasteiger partial charge in [0.1, 0.15) is 0 Å². The highest BCUT2D eigenvalue weighted by Crippen LogP contribution is 2.13. The van der Waals surface area contributed by atoms with Crippen LogP contribution in [-0.4, -0.2) is 19.8 Å². The number of hydrogen-bond donors (Lipinski definition) is 1. The van der Waals surface area contributed by atoms with E-state index in [4.69, 9.17) is 11.6 Å². The van der Waals surface area contributed by atoms with E-state index in [1.54, 1.807) is 12.1 Å². The maximum atomic E-state index is 11.7.